The third-order valence-corrected chi connectivity index (χ3v) is 8.13. The van der Waals surface area contributed by atoms with Crippen molar-refractivity contribution in [3.63, 3.8) is 0 Å². The van der Waals surface area contributed by atoms with Crippen molar-refractivity contribution >= 4 is 46.3 Å². The van der Waals surface area contributed by atoms with Crippen LogP contribution in [0.15, 0.2) is 42.5 Å². The number of nitrogens with zero attached hydrogens (tertiary/aromatic N) is 2. The van der Waals surface area contributed by atoms with E-state index in [0.29, 0.717) is 58.6 Å². The van der Waals surface area contributed by atoms with Gasteiger partial charge < -0.3 is 25.2 Å². The lowest BCUT2D eigenvalue weighted by Gasteiger charge is -2.27. The largest absolute Gasteiger partial charge is 0.493 e. The first kappa shape index (κ1) is 25.3. The minimum Gasteiger partial charge on any atom is -0.493 e. The molecule has 3 aromatic rings. The minimum atomic E-state index is -0.189. The number of benzene rings is 2. The van der Waals surface area contributed by atoms with Crippen molar-refractivity contribution in [3.8, 4) is 16.2 Å². The summed E-state index contributed by atoms with van der Waals surface area (Å²) in [6.07, 6.45) is 0.649. The SMILES string of the molecule is CNC(=O)c1ccc2c(c1)OCCc1cc(C(=O)N(C)c3ccc(C(=O)N4CCNCC4)cc3Cl)sc1-2. The first-order chi connectivity index (χ1) is 17.9. The lowest BCUT2D eigenvalue weighted by Crippen LogP contribution is -2.46. The molecule has 1 aromatic heterocycles. The topological polar surface area (TPSA) is 91.0 Å². The van der Waals surface area contributed by atoms with Gasteiger partial charge in [0.2, 0.25) is 0 Å². The van der Waals surface area contributed by atoms with Gasteiger partial charge in [0.15, 0.2) is 0 Å². The van der Waals surface area contributed by atoms with Gasteiger partial charge in [0.1, 0.15) is 5.75 Å². The Labute approximate surface area is 224 Å². The molecule has 2 aliphatic rings. The Hall–Kier alpha value is -3.40. The molecule has 0 aliphatic carbocycles. The zero-order valence-electron chi connectivity index (χ0n) is 20.6. The summed E-state index contributed by atoms with van der Waals surface area (Å²) >= 11 is 7.95. The maximum Gasteiger partial charge on any atom is 0.268 e. The number of fused-ring (bicyclic) bond motifs is 3. The number of hydrogen-bond donors (Lipinski definition) is 2. The number of carbonyl (C=O) groups is 3. The molecule has 0 unspecified atom stereocenters. The average molecular weight is 539 g/mol. The van der Waals surface area contributed by atoms with Crippen LogP contribution in [0.4, 0.5) is 5.69 Å². The Morgan fingerprint density at radius 3 is 2.57 bits per heavy atom. The second kappa shape index (κ2) is 10.5. The molecule has 2 aliphatic heterocycles. The van der Waals surface area contributed by atoms with Crippen molar-refractivity contribution in [1.82, 2.24) is 15.5 Å². The summed E-state index contributed by atoms with van der Waals surface area (Å²) in [5, 5.41) is 6.20. The van der Waals surface area contributed by atoms with Gasteiger partial charge in [-0.3, -0.25) is 14.4 Å². The zero-order chi connectivity index (χ0) is 26.1. The minimum absolute atomic E-state index is 0.0635. The smallest absolute Gasteiger partial charge is 0.268 e. The predicted octanol–water partition coefficient (Wildman–Crippen LogP) is 3.69. The van der Waals surface area contributed by atoms with Gasteiger partial charge in [0.05, 0.1) is 22.2 Å². The lowest BCUT2D eigenvalue weighted by atomic mass is 10.0. The highest BCUT2D eigenvalue weighted by Crippen LogP contribution is 2.42. The summed E-state index contributed by atoms with van der Waals surface area (Å²) in [4.78, 5) is 43.2. The monoisotopic (exact) mass is 538 g/mol. The van der Waals surface area contributed by atoms with Crippen LogP contribution in [0, 0.1) is 0 Å². The number of ether oxygens (including phenoxy) is 1. The fraction of sp³-hybridized carbons (Fsp3) is 0.296. The van der Waals surface area contributed by atoms with E-state index < -0.39 is 0 Å². The third-order valence-electron chi connectivity index (χ3n) is 6.63. The van der Waals surface area contributed by atoms with Crippen LogP contribution in [0.2, 0.25) is 5.02 Å². The summed E-state index contributed by atoms with van der Waals surface area (Å²) in [6, 6.07) is 12.3. The maximum atomic E-state index is 13.5. The van der Waals surface area contributed by atoms with Gasteiger partial charge in [-0.2, -0.15) is 0 Å². The van der Waals surface area contributed by atoms with Gasteiger partial charge in [0, 0.05) is 68.3 Å². The van der Waals surface area contributed by atoms with E-state index in [-0.39, 0.29) is 17.7 Å². The van der Waals surface area contributed by atoms with Crippen molar-refractivity contribution in [1.29, 1.82) is 0 Å². The van der Waals surface area contributed by atoms with Crippen LogP contribution in [0.3, 0.4) is 0 Å². The summed E-state index contributed by atoms with van der Waals surface area (Å²) in [7, 11) is 3.27. The van der Waals surface area contributed by atoms with E-state index in [1.165, 1.54) is 16.2 Å². The zero-order valence-corrected chi connectivity index (χ0v) is 22.2. The molecule has 0 radical (unpaired) electrons. The molecule has 1 saturated heterocycles. The molecule has 0 saturated carbocycles. The van der Waals surface area contributed by atoms with E-state index in [4.69, 9.17) is 16.3 Å². The highest BCUT2D eigenvalue weighted by Gasteiger charge is 2.26. The number of rotatable bonds is 4. The van der Waals surface area contributed by atoms with Crippen LogP contribution in [0.5, 0.6) is 5.75 Å². The fourth-order valence-electron chi connectivity index (χ4n) is 4.57. The Kier molecular flexibility index (Phi) is 7.19. The van der Waals surface area contributed by atoms with Crippen molar-refractivity contribution in [2.75, 3.05) is 51.8 Å². The number of halogens is 1. The number of anilines is 1. The highest BCUT2D eigenvalue weighted by molar-refractivity contribution is 7.17. The molecule has 1 fully saturated rings. The van der Waals surface area contributed by atoms with Crippen LogP contribution in [-0.4, -0.2) is 69.5 Å². The van der Waals surface area contributed by atoms with Crippen LogP contribution in [0.25, 0.3) is 10.4 Å². The second-order valence-electron chi connectivity index (χ2n) is 8.93. The van der Waals surface area contributed by atoms with Gasteiger partial charge in [0.25, 0.3) is 17.7 Å². The first-order valence-corrected chi connectivity index (χ1v) is 13.3. The number of hydrogen-bond acceptors (Lipinski definition) is 6. The predicted molar refractivity (Wildman–Crippen MR) is 145 cm³/mol. The molecule has 5 rings (SSSR count). The van der Waals surface area contributed by atoms with E-state index in [1.54, 1.807) is 49.3 Å². The third kappa shape index (κ3) is 4.94. The van der Waals surface area contributed by atoms with Crippen LogP contribution in [-0.2, 0) is 6.42 Å². The van der Waals surface area contributed by atoms with Gasteiger partial charge >= 0.3 is 0 Å². The van der Waals surface area contributed by atoms with E-state index >= 15 is 0 Å². The number of nitrogens with one attached hydrogen (secondary N) is 2. The van der Waals surface area contributed by atoms with Crippen LogP contribution in [0.1, 0.15) is 36.0 Å². The van der Waals surface area contributed by atoms with E-state index in [0.717, 1.165) is 29.1 Å². The van der Waals surface area contributed by atoms with Crippen LogP contribution < -0.4 is 20.3 Å². The van der Waals surface area contributed by atoms with Crippen LogP contribution >= 0.6 is 22.9 Å². The number of carbonyl (C=O) groups excluding carboxylic acids is 3. The molecule has 10 heteroatoms. The summed E-state index contributed by atoms with van der Waals surface area (Å²) in [5.41, 5.74) is 3.45. The normalized spacial score (nSPS) is 14.6. The molecule has 37 heavy (non-hydrogen) atoms. The van der Waals surface area contributed by atoms with Crippen molar-refractivity contribution in [2.45, 2.75) is 6.42 Å². The van der Waals surface area contributed by atoms with E-state index in [1.807, 2.05) is 12.1 Å². The lowest BCUT2D eigenvalue weighted by molar-refractivity contribution is 0.0735. The van der Waals surface area contributed by atoms with Gasteiger partial charge in [-0.1, -0.05) is 11.6 Å². The highest BCUT2D eigenvalue weighted by atomic mass is 35.5. The number of thiophene rings is 1. The molecule has 3 heterocycles. The Bertz CT molecular complexity index is 1380. The van der Waals surface area contributed by atoms with Gasteiger partial charge in [-0.05, 0) is 48.0 Å². The molecular formula is C27H27ClN4O4S. The standard InChI is InChI=1S/C27H27ClN4O4S/c1-29-25(33)17-3-5-19-22(14-17)36-12-7-16-15-23(37-24(16)19)27(35)31(2)21-6-4-18(13-20(21)28)26(34)32-10-8-30-9-11-32/h3-6,13-15,30H,7-12H2,1-2H3,(H,29,33). The number of piperazine rings is 1. The first-order valence-electron chi connectivity index (χ1n) is 12.1. The molecule has 2 aromatic carbocycles. The summed E-state index contributed by atoms with van der Waals surface area (Å²) in [5.74, 6) is 0.191. The van der Waals surface area contributed by atoms with Gasteiger partial charge in [-0.25, -0.2) is 0 Å². The quantitative estimate of drug-likeness (QED) is 0.529. The molecule has 3 amide bonds. The molecular weight excluding hydrogens is 512 g/mol. The average Bonchev–Trinajstić information content (AvgIpc) is 3.27. The van der Waals surface area contributed by atoms with Crippen molar-refractivity contribution < 1.29 is 19.1 Å². The van der Waals surface area contributed by atoms with Gasteiger partial charge in [-0.15, -0.1) is 11.3 Å². The molecule has 0 bridgehead atoms. The van der Waals surface area contributed by atoms with E-state index in [9.17, 15) is 14.4 Å². The number of amides is 3. The Balaban J connectivity index is 1.39. The summed E-state index contributed by atoms with van der Waals surface area (Å²) < 4.78 is 5.91. The molecule has 2 N–H and O–H groups in total. The Morgan fingerprint density at radius 1 is 1.08 bits per heavy atom. The fourth-order valence-corrected chi connectivity index (χ4v) is 6.09. The maximum absolute atomic E-state index is 13.5. The Morgan fingerprint density at radius 2 is 1.84 bits per heavy atom. The van der Waals surface area contributed by atoms with Crippen molar-refractivity contribution in [2.24, 2.45) is 0 Å². The second-order valence-corrected chi connectivity index (χ2v) is 10.4. The molecule has 0 spiro atoms. The van der Waals surface area contributed by atoms with Crippen molar-refractivity contribution in [3.05, 3.63) is 69.1 Å². The molecule has 8 nitrogen and oxygen atoms in total. The van der Waals surface area contributed by atoms with E-state index in [2.05, 4.69) is 10.6 Å². The molecule has 0 atom stereocenters. The molecule has 192 valence electrons. The summed E-state index contributed by atoms with van der Waals surface area (Å²) in [6.45, 7) is 3.30.